The van der Waals surface area contributed by atoms with Gasteiger partial charge in [-0.3, -0.25) is 4.99 Å². The molecule has 1 N–H and O–H groups in total. The van der Waals surface area contributed by atoms with E-state index in [1.54, 1.807) is 0 Å². The van der Waals surface area contributed by atoms with Crippen molar-refractivity contribution in [3.05, 3.63) is 0 Å². The van der Waals surface area contributed by atoms with Crippen LogP contribution in [-0.2, 0) is 0 Å². The summed E-state index contributed by atoms with van der Waals surface area (Å²) in [4.78, 5) is 4.65. The van der Waals surface area contributed by atoms with Crippen LogP contribution in [-0.4, -0.2) is 23.5 Å². The molecule has 0 radical (unpaired) electrons. The third kappa shape index (κ3) is 2.91. The maximum Gasteiger partial charge on any atom is 0.156 e. The molecule has 80 valence electrons. The number of nitrogens with one attached hydrogen (secondary N) is 1. The van der Waals surface area contributed by atoms with Crippen molar-refractivity contribution in [2.75, 3.05) is 12.3 Å². The Balaban J connectivity index is 1.82. The van der Waals surface area contributed by atoms with Crippen molar-refractivity contribution in [2.24, 2.45) is 16.8 Å². The van der Waals surface area contributed by atoms with Crippen molar-refractivity contribution in [1.82, 2.24) is 5.32 Å². The Kier molecular flexibility index (Phi) is 3.37. The molecule has 1 saturated heterocycles. The lowest BCUT2D eigenvalue weighted by molar-refractivity contribution is 0.442. The van der Waals surface area contributed by atoms with Crippen LogP contribution in [0.25, 0.3) is 0 Å². The van der Waals surface area contributed by atoms with Gasteiger partial charge in [-0.05, 0) is 31.1 Å². The standard InChI is InChI=1S/C11H20N2S/c1-8(2)10-5-6-14-11(13-10)12-7-9-3-4-9/h8-10H,3-7H2,1-2H3,(H,12,13). The van der Waals surface area contributed by atoms with Gasteiger partial charge in [0.25, 0.3) is 0 Å². The van der Waals surface area contributed by atoms with Crippen LogP contribution in [0.4, 0.5) is 0 Å². The summed E-state index contributed by atoms with van der Waals surface area (Å²) in [5, 5.41) is 4.75. The van der Waals surface area contributed by atoms with E-state index in [0.717, 1.165) is 18.4 Å². The molecule has 2 aliphatic rings. The van der Waals surface area contributed by atoms with Gasteiger partial charge >= 0.3 is 0 Å². The van der Waals surface area contributed by atoms with E-state index in [4.69, 9.17) is 0 Å². The molecule has 0 amide bonds. The van der Waals surface area contributed by atoms with E-state index in [9.17, 15) is 0 Å². The summed E-state index contributed by atoms with van der Waals surface area (Å²) in [5.41, 5.74) is 0. The smallest absolute Gasteiger partial charge is 0.156 e. The van der Waals surface area contributed by atoms with E-state index in [2.05, 4.69) is 24.2 Å². The summed E-state index contributed by atoms with van der Waals surface area (Å²) >= 11 is 1.89. The van der Waals surface area contributed by atoms with Gasteiger partial charge in [-0.1, -0.05) is 25.6 Å². The molecule has 2 rings (SSSR count). The lowest BCUT2D eigenvalue weighted by atomic mass is 10.0. The topological polar surface area (TPSA) is 24.4 Å². The Morgan fingerprint density at radius 1 is 1.43 bits per heavy atom. The molecule has 0 aromatic heterocycles. The van der Waals surface area contributed by atoms with Gasteiger partial charge in [0.05, 0.1) is 0 Å². The molecule has 1 atom stereocenters. The van der Waals surface area contributed by atoms with Crippen LogP contribution in [0.2, 0.25) is 0 Å². The maximum absolute atomic E-state index is 4.65. The monoisotopic (exact) mass is 212 g/mol. The van der Waals surface area contributed by atoms with Crippen LogP contribution < -0.4 is 5.32 Å². The number of hydrogen-bond acceptors (Lipinski definition) is 2. The second kappa shape index (κ2) is 4.56. The van der Waals surface area contributed by atoms with E-state index >= 15 is 0 Å². The Morgan fingerprint density at radius 2 is 2.21 bits per heavy atom. The summed E-state index contributed by atoms with van der Waals surface area (Å²) in [7, 11) is 0. The number of hydrogen-bond donors (Lipinski definition) is 1. The molecule has 1 saturated carbocycles. The Bertz CT molecular complexity index is 221. The first-order valence-corrected chi connectivity index (χ1v) is 6.68. The molecule has 2 nitrogen and oxygen atoms in total. The molecule has 1 aliphatic heterocycles. The Morgan fingerprint density at radius 3 is 2.86 bits per heavy atom. The molecule has 0 bridgehead atoms. The minimum atomic E-state index is 0.647. The fourth-order valence-electron chi connectivity index (χ4n) is 1.66. The van der Waals surface area contributed by atoms with Crippen molar-refractivity contribution >= 4 is 16.9 Å². The first-order chi connectivity index (χ1) is 6.75. The van der Waals surface area contributed by atoms with E-state index in [0.29, 0.717) is 6.04 Å². The second-order valence-electron chi connectivity index (χ2n) is 4.72. The van der Waals surface area contributed by atoms with Crippen molar-refractivity contribution in [3.8, 4) is 0 Å². The quantitative estimate of drug-likeness (QED) is 0.777. The molecule has 1 unspecified atom stereocenters. The van der Waals surface area contributed by atoms with Crippen molar-refractivity contribution in [2.45, 2.75) is 39.2 Å². The molecule has 0 aromatic rings. The zero-order valence-electron chi connectivity index (χ0n) is 9.12. The lowest BCUT2D eigenvalue weighted by Gasteiger charge is -2.28. The molecular weight excluding hydrogens is 192 g/mol. The molecular formula is C11H20N2S. The van der Waals surface area contributed by atoms with Gasteiger partial charge in [-0.15, -0.1) is 0 Å². The number of aliphatic imine (C=N–C) groups is 1. The van der Waals surface area contributed by atoms with Gasteiger partial charge in [0.1, 0.15) is 0 Å². The minimum Gasteiger partial charge on any atom is -0.362 e. The van der Waals surface area contributed by atoms with E-state index < -0.39 is 0 Å². The van der Waals surface area contributed by atoms with Crippen LogP contribution in [0.3, 0.4) is 0 Å². The SMILES string of the molecule is CC(C)C1CCSC(=NCC2CC2)N1. The van der Waals surface area contributed by atoms with E-state index in [1.165, 1.54) is 30.2 Å². The average molecular weight is 212 g/mol. The fraction of sp³-hybridized carbons (Fsp3) is 0.909. The van der Waals surface area contributed by atoms with Crippen LogP contribution in [0.5, 0.6) is 0 Å². The number of amidine groups is 1. The molecule has 0 spiro atoms. The Hall–Kier alpha value is -0.180. The Labute approximate surface area is 90.9 Å². The third-order valence-electron chi connectivity index (χ3n) is 2.97. The number of rotatable bonds is 3. The zero-order chi connectivity index (χ0) is 9.97. The zero-order valence-corrected chi connectivity index (χ0v) is 9.94. The van der Waals surface area contributed by atoms with E-state index in [1.807, 2.05) is 11.8 Å². The van der Waals surface area contributed by atoms with Gasteiger partial charge in [-0.25, -0.2) is 0 Å². The highest BCUT2D eigenvalue weighted by Crippen LogP contribution is 2.29. The van der Waals surface area contributed by atoms with Gasteiger partial charge in [-0.2, -0.15) is 0 Å². The van der Waals surface area contributed by atoms with Crippen molar-refractivity contribution in [1.29, 1.82) is 0 Å². The van der Waals surface area contributed by atoms with Crippen LogP contribution in [0.15, 0.2) is 4.99 Å². The minimum absolute atomic E-state index is 0.647. The van der Waals surface area contributed by atoms with Gasteiger partial charge in [0.2, 0.25) is 0 Å². The molecule has 1 heterocycles. The summed E-state index contributed by atoms with van der Waals surface area (Å²) in [6.45, 7) is 5.62. The summed E-state index contributed by atoms with van der Waals surface area (Å²) in [6, 6.07) is 0.647. The summed E-state index contributed by atoms with van der Waals surface area (Å²) < 4.78 is 0. The second-order valence-corrected chi connectivity index (χ2v) is 5.80. The molecule has 0 aromatic carbocycles. The highest BCUT2D eigenvalue weighted by atomic mass is 32.2. The van der Waals surface area contributed by atoms with Crippen LogP contribution in [0, 0.1) is 11.8 Å². The predicted octanol–water partition coefficient (Wildman–Crippen LogP) is 2.50. The fourth-order valence-corrected chi connectivity index (χ4v) is 2.62. The number of nitrogens with zero attached hydrogens (tertiary/aromatic N) is 1. The van der Waals surface area contributed by atoms with Gasteiger partial charge in [0.15, 0.2) is 5.17 Å². The molecule has 2 fully saturated rings. The van der Waals surface area contributed by atoms with Gasteiger partial charge in [0, 0.05) is 18.3 Å². The average Bonchev–Trinajstić information content (AvgIpc) is 2.99. The first kappa shape index (κ1) is 10.3. The van der Waals surface area contributed by atoms with Gasteiger partial charge < -0.3 is 5.32 Å². The highest BCUT2D eigenvalue weighted by molar-refractivity contribution is 8.13. The third-order valence-corrected chi connectivity index (χ3v) is 3.93. The first-order valence-electron chi connectivity index (χ1n) is 5.69. The number of thioether (sulfide) groups is 1. The maximum atomic E-state index is 4.65. The lowest BCUT2D eigenvalue weighted by Crippen LogP contribution is -2.41. The van der Waals surface area contributed by atoms with Crippen LogP contribution >= 0.6 is 11.8 Å². The summed E-state index contributed by atoms with van der Waals surface area (Å²) in [6.07, 6.45) is 4.08. The molecule has 14 heavy (non-hydrogen) atoms. The molecule has 3 heteroatoms. The van der Waals surface area contributed by atoms with Crippen molar-refractivity contribution < 1.29 is 0 Å². The highest BCUT2D eigenvalue weighted by Gasteiger charge is 2.23. The van der Waals surface area contributed by atoms with Crippen molar-refractivity contribution in [3.63, 3.8) is 0 Å². The predicted molar refractivity (Wildman–Crippen MR) is 63.9 cm³/mol. The van der Waals surface area contributed by atoms with Crippen LogP contribution in [0.1, 0.15) is 33.1 Å². The normalized spacial score (nSPS) is 30.8. The van der Waals surface area contributed by atoms with E-state index in [-0.39, 0.29) is 0 Å². The summed E-state index contributed by atoms with van der Waals surface area (Å²) in [5.74, 6) is 2.87. The largest absolute Gasteiger partial charge is 0.362 e. The molecule has 1 aliphatic carbocycles.